The van der Waals surface area contributed by atoms with Crippen molar-refractivity contribution in [3.05, 3.63) is 92.5 Å². The second kappa shape index (κ2) is 15.4. The Labute approximate surface area is 323 Å². The van der Waals surface area contributed by atoms with Crippen LogP contribution in [0.25, 0.3) is 33.4 Å². The first-order valence-electron chi connectivity index (χ1n) is 18.4. The molecular weight excluding hydrogens is 727 g/mol. The maximum Gasteiger partial charge on any atom is 0.236 e. The number of halogens is 2. The van der Waals surface area contributed by atoms with Gasteiger partial charge in [-0.2, -0.15) is 10.2 Å². The monoisotopic (exact) mass is 768 g/mol. The summed E-state index contributed by atoms with van der Waals surface area (Å²) >= 11 is 14.0. The summed E-state index contributed by atoms with van der Waals surface area (Å²) in [7, 11) is 3.32. The third-order valence-electron chi connectivity index (χ3n) is 10.9. The molecule has 0 amide bonds. The molecule has 2 saturated heterocycles. The van der Waals surface area contributed by atoms with Gasteiger partial charge in [-0.15, -0.1) is 0 Å². The van der Waals surface area contributed by atoms with E-state index in [1.54, 1.807) is 20.4 Å². The van der Waals surface area contributed by atoms with Gasteiger partial charge in [-0.3, -0.25) is 14.8 Å². The summed E-state index contributed by atoms with van der Waals surface area (Å²) in [6.45, 7) is 4.84. The molecule has 0 bridgehead atoms. The number of hydrogen-bond donors (Lipinski definition) is 2. The Morgan fingerprint density at radius 1 is 0.963 bits per heavy atom. The minimum atomic E-state index is -0.319. The lowest BCUT2D eigenvalue weighted by molar-refractivity contribution is 0.174. The van der Waals surface area contributed by atoms with Gasteiger partial charge in [0.25, 0.3) is 0 Å². The average molecular weight is 770 g/mol. The second-order valence-electron chi connectivity index (χ2n) is 14.3. The summed E-state index contributed by atoms with van der Waals surface area (Å²) in [5.41, 5.74) is 7.22. The van der Waals surface area contributed by atoms with Gasteiger partial charge in [0.2, 0.25) is 11.8 Å². The van der Waals surface area contributed by atoms with Gasteiger partial charge in [0.1, 0.15) is 34.0 Å². The van der Waals surface area contributed by atoms with Gasteiger partial charge in [0.05, 0.1) is 29.7 Å². The number of hydrogen-bond acceptors (Lipinski definition) is 10. The number of aliphatic hydroxyl groups is 2. The minimum absolute atomic E-state index is 0.269. The summed E-state index contributed by atoms with van der Waals surface area (Å²) in [5.74, 6) is 1.32. The summed E-state index contributed by atoms with van der Waals surface area (Å²) in [5, 5.41) is 31.8. The Morgan fingerprint density at radius 3 is 2.43 bits per heavy atom. The zero-order valence-electron chi connectivity index (χ0n) is 30.3. The number of likely N-dealkylation sites (tertiary alicyclic amines) is 2. The van der Waals surface area contributed by atoms with Crippen LogP contribution in [0.15, 0.2) is 64.1 Å². The number of methoxy groups -OCH3 is 1. The molecule has 1 aliphatic carbocycles. The van der Waals surface area contributed by atoms with Crippen molar-refractivity contribution in [1.82, 2.24) is 19.4 Å². The van der Waals surface area contributed by atoms with Crippen molar-refractivity contribution in [2.45, 2.75) is 57.1 Å². The van der Waals surface area contributed by atoms with Crippen molar-refractivity contribution in [2.75, 3.05) is 46.9 Å². The van der Waals surface area contributed by atoms with Crippen LogP contribution < -0.4 is 15.0 Å². The third kappa shape index (κ3) is 6.99. The second-order valence-corrected chi connectivity index (χ2v) is 15.1. The topological polar surface area (TPSA) is 133 Å². The van der Waals surface area contributed by atoms with E-state index in [1.165, 1.54) is 0 Å². The number of rotatable bonds is 10. The van der Waals surface area contributed by atoms with Gasteiger partial charge < -0.3 is 28.7 Å². The predicted molar refractivity (Wildman–Crippen MR) is 207 cm³/mol. The highest BCUT2D eigenvalue weighted by Gasteiger charge is 2.30. The highest BCUT2D eigenvalue weighted by molar-refractivity contribution is 6.36. The van der Waals surface area contributed by atoms with Gasteiger partial charge in [-0.1, -0.05) is 53.5 Å². The summed E-state index contributed by atoms with van der Waals surface area (Å²) in [6.07, 6.45) is 3.94. The Kier molecular flexibility index (Phi) is 10.4. The van der Waals surface area contributed by atoms with Gasteiger partial charge in [-0.25, -0.2) is 0 Å². The van der Waals surface area contributed by atoms with Crippen molar-refractivity contribution < 1.29 is 24.1 Å². The number of benzene rings is 2. The first kappa shape index (κ1) is 36.6. The first-order chi connectivity index (χ1) is 26.2. The van der Waals surface area contributed by atoms with E-state index in [-0.39, 0.29) is 18.3 Å². The van der Waals surface area contributed by atoms with Crippen molar-refractivity contribution in [3.8, 4) is 40.3 Å². The van der Waals surface area contributed by atoms with Crippen molar-refractivity contribution >= 4 is 34.2 Å². The lowest BCUT2D eigenvalue weighted by Crippen LogP contribution is -2.30. The lowest BCUT2D eigenvalue weighted by atomic mass is 9.95. The van der Waals surface area contributed by atoms with E-state index in [4.69, 9.17) is 37.1 Å². The number of ether oxygens (including phenoxy) is 2. The zero-order chi connectivity index (χ0) is 37.5. The molecule has 3 aromatic heterocycles. The summed E-state index contributed by atoms with van der Waals surface area (Å²) in [4.78, 5) is 13.6. The fourth-order valence-electron chi connectivity index (χ4n) is 8.20. The molecule has 5 aromatic rings. The van der Waals surface area contributed by atoms with Gasteiger partial charge in [-0.05, 0) is 60.6 Å². The number of aromatic nitrogens is 2. The van der Waals surface area contributed by atoms with E-state index in [0.717, 1.165) is 78.5 Å². The number of β-amino-alcohol motifs (C(OH)–C–C–N with tert-alkyl or cyclic N) is 2. The molecule has 8 rings (SSSR count). The van der Waals surface area contributed by atoms with Crippen LogP contribution in [0.1, 0.15) is 47.6 Å². The molecule has 3 atom stereocenters. The fraction of sp³-hybridized carbons (Fsp3) is 0.390. The van der Waals surface area contributed by atoms with E-state index in [9.17, 15) is 15.5 Å². The first-order valence-corrected chi connectivity index (χ1v) is 19.1. The SMILES string of the molecule is C/N=c1/c2cc(-c3cccc(-c4cccc5c4CC[C@@H]5Oc4nc(OC)c(CN5CC[C@@H](O)C5)cc4Cl)c3Cl)oc2c(C#N)cn1CCN1CC[C@@H](O)C1. The van der Waals surface area contributed by atoms with Gasteiger partial charge in [0, 0.05) is 75.7 Å². The molecule has 2 aromatic carbocycles. The molecule has 2 N–H and O–H groups in total. The van der Waals surface area contributed by atoms with Crippen molar-refractivity contribution in [2.24, 2.45) is 4.99 Å². The number of pyridine rings is 2. The van der Waals surface area contributed by atoms with Crippen LogP contribution in [-0.4, -0.2) is 88.7 Å². The minimum Gasteiger partial charge on any atom is -0.481 e. The normalized spacial score (nSPS) is 20.5. The van der Waals surface area contributed by atoms with Gasteiger partial charge in [0.15, 0.2) is 5.58 Å². The molecule has 54 heavy (non-hydrogen) atoms. The Balaban J connectivity index is 1.08. The molecule has 3 aliphatic rings. The van der Waals surface area contributed by atoms with Crippen LogP contribution in [0.5, 0.6) is 11.8 Å². The van der Waals surface area contributed by atoms with Crippen LogP contribution in [0.3, 0.4) is 0 Å². The molecule has 0 radical (unpaired) electrons. The number of fused-ring (bicyclic) bond motifs is 2. The largest absolute Gasteiger partial charge is 0.481 e. The molecular formula is C41H42Cl2N6O5. The van der Waals surface area contributed by atoms with E-state index >= 15 is 0 Å². The Bertz CT molecular complexity index is 2330. The highest BCUT2D eigenvalue weighted by Crippen LogP contribution is 2.45. The lowest BCUT2D eigenvalue weighted by Gasteiger charge is -2.20. The van der Waals surface area contributed by atoms with Gasteiger partial charge >= 0.3 is 0 Å². The molecule has 2 fully saturated rings. The molecule has 11 nitrogen and oxygen atoms in total. The van der Waals surface area contributed by atoms with E-state index in [2.05, 4.69) is 38.0 Å². The third-order valence-corrected chi connectivity index (χ3v) is 11.5. The van der Waals surface area contributed by atoms with Crippen LogP contribution in [0, 0.1) is 11.3 Å². The van der Waals surface area contributed by atoms with Crippen molar-refractivity contribution in [1.29, 1.82) is 5.26 Å². The molecule has 13 heteroatoms. The average Bonchev–Trinajstić information content (AvgIpc) is 3.99. The standard InChI is InChI=1S/C41H42Cl2N6O5/c1-45-39-33-18-36(53-38(33)25(19-44)21-49(39)16-15-47-13-11-26(50)22-47)32-8-4-7-31(37(32)43)28-5-3-6-30-29(28)9-10-35(30)54-41-34(42)17-24(40(46-41)52-2)20-48-14-12-27(51)23-48/h3-8,17-18,21,26-27,35,50-51H,9-16,20,22-23H2,1-2H3/b45-39-/t26-,27-,35+/m1/s1. The van der Waals surface area contributed by atoms with Crippen LogP contribution in [-0.2, 0) is 19.5 Å². The highest BCUT2D eigenvalue weighted by atomic mass is 35.5. The smallest absolute Gasteiger partial charge is 0.236 e. The molecule has 0 unspecified atom stereocenters. The number of nitriles is 1. The Morgan fingerprint density at radius 2 is 1.70 bits per heavy atom. The van der Waals surface area contributed by atoms with E-state index < -0.39 is 0 Å². The summed E-state index contributed by atoms with van der Waals surface area (Å²) in [6, 6.07) is 18.1. The number of aliphatic hydroxyl groups excluding tert-OH is 2. The quantitative estimate of drug-likeness (QED) is 0.166. The predicted octanol–water partition coefficient (Wildman–Crippen LogP) is 6.38. The molecule has 280 valence electrons. The fourth-order valence-corrected chi connectivity index (χ4v) is 8.74. The van der Waals surface area contributed by atoms with Crippen LogP contribution >= 0.6 is 23.2 Å². The number of nitrogens with zero attached hydrogens (tertiary/aromatic N) is 6. The Hall–Kier alpha value is -4.41. The molecule has 5 heterocycles. The zero-order valence-corrected chi connectivity index (χ0v) is 31.8. The summed E-state index contributed by atoms with van der Waals surface area (Å²) < 4.78 is 20.5. The molecule has 2 aliphatic heterocycles. The maximum atomic E-state index is 10.1. The molecule has 0 spiro atoms. The van der Waals surface area contributed by atoms with Crippen LogP contribution in [0.2, 0.25) is 10.0 Å². The number of furan rings is 1. The van der Waals surface area contributed by atoms with Crippen LogP contribution in [0.4, 0.5) is 0 Å². The van der Waals surface area contributed by atoms with Crippen molar-refractivity contribution in [3.63, 3.8) is 0 Å². The molecule has 0 saturated carbocycles. The van der Waals surface area contributed by atoms with E-state index in [1.807, 2.05) is 41.0 Å². The maximum absolute atomic E-state index is 10.1. The van der Waals surface area contributed by atoms with E-state index in [0.29, 0.717) is 75.9 Å².